The molecule has 0 aliphatic carbocycles. The van der Waals surface area contributed by atoms with E-state index in [0.717, 1.165) is 6.07 Å². The Kier molecular flexibility index (Phi) is 5.25. The summed E-state index contributed by atoms with van der Waals surface area (Å²) in [6.45, 7) is 9.50. The monoisotopic (exact) mass is 338 g/mol. The first kappa shape index (κ1) is 18.7. The number of carbonyl (C=O) groups is 1. The molecule has 1 heterocycles. The standard InChI is InChI=1S/C17H24BFO5/c1-6-22-15(21)10-13(12-9-11(19)7-8-14(12)20)18-23-16(2,3)17(4,5)24-18/h7-9,13,20H,6,10H2,1-5H3. The van der Waals surface area contributed by atoms with Crippen LogP contribution in [0.1, 0.15) is 52.4 Å². The molecule has 1 unspecified atom stereocenters. The fourth-order valence-electron chi connectivity index (χ4n) is 2.63. The normalized spacial score (nSPS) is 20.0. The van der Waals surface area contributed by atoms with E-state index < -0.39 is 35.9 Å². The van der Waals surface area contributed by atoms with E-state index >= 15 is 0 Å². The second kappa shape index (κ2) is 6.72. The van der Waals surface area contributed by atoms with Gasteiger partial charge in [-0.1, -0.05) is 0 Å². The molecule has 5 nitrogen and oxygen atoms in total. The third-order valence-corrected chi connectivity index (χ3v) is 4.68. The van der Waals surface area contributed by atoms with Crippen LogP contribution in [0.25, 0.3) is 0 Å². The average molecular weight is 338 g/mol. The molecule has 2 rings (SSSR count). The molecule has 132 valence electrons. The summed E-state index contributed by atoms with van der Waals surface area (Å²) >= 11 is 0. The molecule has 1 saturated heterocycles. The number of phenols is 1. The summed E-state index contributed by atoms with van der Waals surface area (Å²) in [4.78, 5) is 12.0. The highest BCUT2D eigenvalue weighted by Crippen LogP contribution is 2.43. The van der Waals surface area contributed by atoms with Gasteiger partial charge in [-0.25, -0.2) is 4.39 Å². The van der Waals surface area contributed by atoms with Gasteiger partial charge >= 0.3 is 13.1 Å². The van der Waals surface area contributed by atoms with E-state index in [1.54, 1.807) is 6.92 Å². The predicted octanol–water partition coefficient (Wildman–Crippen LogP) is 3.20. The van der Waals surface area contributed by atoms with E-state index in [9.17, 15) is 14.3 Å². The average Bonchev–Trinajstić information content (AvgIpc) is 2.68. The molecule has 1 N–H and O–H groups in total. The van der Waals surface area contributed by atoms with Crippen LogP contribution in [0.3, 0.4) is 0 Å². The lowest BCUT2D eigenvalue weighted by molar-refractivity contribution is -0.143. The van der Waals surface area contributed by atoms with Crippen molar-refractivity contribution in [2.75, 3.05) is 6.61 Å². The molecule has 1 aromatic rings. The van der Waals surface area contributed by atoms with Crippen LogP contribution in [-0.4, -0.2) is 36.0 Å². The highest BCUT2D eigenvalue weighted by Gasteiger charge is 2.54. The first-order chi connectivity index (χ1) is 11.1. The van der Waals surface area contributed by atoms with Gasteiger partial charge in [-0.05, 0) is 58.4 Å². The van der Waals surface area contributed by atoms with Crippen LogP contribution in [0.4, 0.5) is 4.39 Å². The van der Waals surface area contributed by atoms with Crippen molar-refractivity contribution in [3.8, 4) is 5.75 Å². The number of halogens is 1. The van der Waals surface area contributed by atoms with Gasteiger partial charge in [-0.3, -0.25) is 4.79 Å². The van der Waals surface area contributed by atoms with Gasteiger partial charge < -0.3 is 19.2 Å². The summed E-state index contributed by atoms with van der Waals surface area (Å²) in [5, 5.41) is 10.1. The van der Waals surface area contributed by atoms with Crippen LogP contribution >= 0.6 is 0 Å². The number of ether oxygens (including phenoxy) is 1. The summed E-state index contributed by atoms with van der Waals surface area (Å²) in [6, 6.07) is 3.61. The van der Waals surface area contributed by atoms with Gasteiger partial charge in [0.25, 0.3) is 0 Å². The first-order valence-corrected chi connectivity index (χ1v) is 8.07. The molecular weight excluding hydrogens is 314 g/mol. The smallest absolute Gasteiger partial charge is 0.466 e. The van der Waals surface area contributed by atoms with Gasteiger partial charge in [0.05, 0.1) is 24.2 Å². The summed E-state index contributed by atoms with van der Waals surface area (Å²) in [5.74, 6) is -1.75. The maximum absolute atomic E-state index is 13.7. The van der Waals surface area contributed by atoms with Gasteiger partial charge in [0.15, 0.2) is 0 Å². The molecule has 0 bridgehead atoms. The van der Waals surface area contributed by atoms with E-state index in [4.69, 9.17) is 14.0 Å². The van der Waals surface area contributed by atoms with Crippen molar-refractivity contribution >= 4 is 13.1 Å². The molecule has 1 aliphatic rings. The molecule has 7 heteroatoms. The molecule has 0 saturated carbocycles. The van der Waals surface area contributed by atoms with Crippen LogP contribution < -0.4 is 0 Å². The van der Waals surface area contributed by atoms with Gasteiger partial charge in [0.1, 0.15) is 11.6 Å². The van der Waals surface area contributed by atoms with E-state index in [1.165, 1.54) is 12.1 Å². The third kappa shape index (κ3) is 3.73. The number of hydrogen-bond acceptors (Lipinski definition) is 5. The van der Waals surface area contributed by atoms with Crippen molar-refractivity contribution in [3.05, 3.63) is 29.6 Å². The Labute approximate surface area is 142 Å². The largest absolute Gasteiger partial charge is 0.508 e. The number of phenolic OH excluding ortho intramolecular Hbond substituents is 1. The van der Waals surface area contributed by atoms with Crippen molar-refractivity contribution in [1.82, 2.24) is 0 Å². The van der Waals surface area contributed by atoms with Crippen LogP contribution in [0.5, 0.6) is 5.75 Å². The zero-order valence-electron chi connectivity index (χ0n) is 14.8. The lowest BCUT2D eigenvalue weighted by Gasteiger charge is -2.32. The van der Waals surface area contributed by atoms with Crippen molar-refractivity contribution in [2.45, 2.75) is 58.1 Å². The lowest BCUT2D eigenvalue weighted by Crippen LogP contribution is -2.41. The van der Waals surface area contributed by atoms with E-state index in [0.29, 0.717) is 0 Å². The summed E-state index contributed by atoms with van der Waals surface area (Å²) in [5.41, 5.74) is -0.942. The Morgan fingerprint density at radius 1 is 1.29 bits per heavy atom. The van der Waals surface area contributed by atoms with E-state index in [2.05, 4.69) is 0 Å². The van der Waals surface area contributed by atoms with Crippen molar-refractivity contribution in [3.63, 3.8) is 0 Å². The minimum absolute atomic E-state index is 0.0817. The maximum Gasteiger partial charge on any atom is 0.466 e. The van der Waals surface area contributed by atoms with E-state index in [1.807, 2.05) is 27.7 Å². The molecule has 1 aliphatic heterocycles. The van der Waals surface area contributed by atoms with Crippen LogP contribution in [0.2, 0.25) is 0 Å². The van der Waals surface area contributed by atoms with Crippen molar-refractivity contribution in [1.29, 1.82) is 0 Å². The minimum Gasteiger partial charge on any atom is -0.508 e. The SMILES string of the molecule is CCOC(=O)CC(B1OC(C)(C)C(C)(C)O1)c1cc(F)ccc1O. The molecule has 0 aromatic heterocycles. The second-order valence-electron chi connectivity index (χ2n) is 6.94. The third-order valence-electron chi connectivity index (χ3n) is 4.68. The van der Waals surface area contributed by atoms with Crippen LogP contribution in [0.15, 0.2) is 18.2 Å². The maximum atomic E-state index is 13.7. The van der Waals surface area contributed by atoms with Gasteiger partial charge in [-0.2, -0.15) is 0 Å². The summed E-state index contributed by atoms with van der Waals surface area (Å²) < 4.78 is 30.7. The molecule has 1 atom stereocenters. The Morgan fingerprint density at radius 3 is 2.42 bits per heavy atom. The minimum atomic E-state index is -0.799. The molecule has 0 radical (unpaired) electrons. The number of esters is 1. The van der Waals surface area contributed by atoms with Crippen LogP contribution in [0, 0.1) is 5.82 Å². The molecule has 1 aromatic carbocycles. The highest BCUT2D eigenvalue weighted by atomic mass is 19.1. The fourth-order valence-corrected chi connectivity index (χ4v) is 2.63. The van der Waals surface area contributed by atoms with Gasteiger partial charge in [0.2, 0.25) is 0 Å². The van der Waals surface area contributed by atoms with Gasteiger partial charge in [-0.15, -0.1) is 0 Å². The zero-order valence-corrected chi connectivity index (χ0v) is 14.8. The molecule has 0 spiro atoms. The Balaban J connectivity index is 2.37. The number of hydrogen-bond donors (Lipinski definition) is 1. The van der Waals surface area contributed by atoms with Crippen molar-refractivity contribution in [2.24, 2.45) is 0 Å². The topological polar surface area (TPSA) is 65.0 Å². The lowest BCUT2D eigenvalue weighted by atomic mass is 9.66. The van der Waals surface area contributed by atoms with Gasteiger partial charge in [0, 0.05) is 5.82 Å². The van der Waals surface area contributed by atoms with E-state index in [-0.39, 0.29) is 24.3 Å². The Hall–Kier alpha value is -1.60. The Morgan fingerprint density at radius 2 is 1.88 bits per heavy atom. The van der Waals surface area contributed by atoms with Crippen molar-refractivity contribution < 1.29 is 28.3 Å². The molecule has 1 fully saturated rings. The number of rotatable bonds is 5. The summed E-state index contributed by atoms with van der Waals surface area (Å²) in [7, 11) is -0.799. The molecule has 0 amide bonds. The molecule has 24 heavy (non-hydrogen) atoms. The number of benzene rings is 1. The highest BCUT2D eigenvalue weighted by molar-refractivity contribution is 6.48. The Bertz CT molecular complexity index is 601. The van der Waals surface area contributed by atoms with Crippen LogP contribution in [-0.2, 0) is 18.8 Å². The molecular formula is C17H24BFO5. The predicted molar refractivity (Wildman–Crippen MR) is 88.1 cm³/mol. The number of aromatic hydroxyl groups is 1. The fraction of sp³-hybridized carbons (Fsp3) is 0.588. The number of carbonyl (C=O) groups excluding carboxylic acids is 1. The summed E-state index contributed by atoms with van der Waals surface area (Å²) in [6.07, 6.45) is -0.0817. The quantitative estimate of drug-likeness (QED) is 0.660. The second-order valence-corrected chi connectivity index (χ2v) is 6.94. The first-order valence-electron chi connectivity index (χ1n) is 8.07. The zero-order chi connectivity index (χ0) is 18.1.